The lowest BCUT2D eigenvalue weighted by Gasteiger charge is -2.37. The van der Waals surface area contributed by atoms with Gasteiger partial charge < -0.3 is 19.1 Å². The van der Waals surface area contributed by atoms with Crippen molar-refractivity contribution in [3.8, 4) is 5.75 Å². The summed E-state index contributed by atoms with van der Waals surface area (Å²) in [6, 6.07) is 10.0. The third kappa shape index (κ3) is 6.03. The molecule has 0 spiro atoms. The van der Waals surface area contributed by atoms with Gasteiger partial charge in [-0.15, -0.1) is 0 Å². The first kappa shape index (κ1) is 22.6. The number of halogens is 1. The summed E-state index contributed by atoms with van der Waals surface area (Å²) in [4.78, 5) is 29.9. The first-order valence-corrected chi connectivity index (χ1v) is 11.9. The van der Waals surface area contributed by atoms with Crippen molar-refractivity contribution in [1.29, 1.82) is 0 Å². The number of carbonyl (C=O) groups excluding carboxylic acids is 2. The second-order valence-corrected chi connectivity index (χ2v) is 8.94. The number of nitrogens with zero attached hydrogens (tertiary/aromatic N) is 3. The van der Waals surface area contributed by atoms with Gasteiger partial charge in [0.2, 0.25) is 11.8 Å². The van der Waals surface area contributed by atoms with Gasteiger partial charge in [-0.05, 0) is 56.2 Å². The lowest BCUT2D eigenvalue weighted by Crippen LogP contribution is -2.49. The van der Waals surface area contributed by atoms with Crippen LogP contribution in [0.5, 0.6) is 5.75 Å². The number of piperidine rings is 1. The predicted octanol–water partition coefficient (Wildman–Crippen LogP) is 3.89. The van der Waals surface area contributed by atoms with Crippen LogP contribution in [-0.2, 0) is 22.4 Å². The Balaban J connectivity index is 1.47. The molecule has 1 fully saturated rings. The summed E-state index contributed by atoms with van der Waals surface area (Å²) in [5.41, 5.74) is 1.24. The topological polar surface area (TPSA) is 75.9 Å². The van der Waals surface area contributed by atoms with Crippen molar-refractivity contribution < 1.29 is 18.8 Å². The molecule has 7 nitrogen and oxygen atoms in total. The molecular formula is C24H30ClN3O4. The third-order valence-corrected chi connectivity index (χ3v) is 6.43. The number of benzene rings is 1. The van der Waals surface area contributed by atoms with E-state index in [1.54, 1.807) is 11.0 Å². The number of ether oxygens (including phenoxy) is 1. The zero-order valence-electron chi connectivity index (χ0n) is 18.3. The van der Waals surface area contributed by atoms with Gasteiger partial charge in [-0.2, -0.15) is 0 Å². The van der Waals surface area contributed by atoms with Gasteiger partial charge in [-0.25, -0.2) is 0 Å². The minimum atomic E-state index is -0.0754. The molecule has 2 aromatic rings. The number of aromatic nitrogens is 1. The van der Waals surface area contributed by atoms with E-state index in [0.29, 0.717) is 31.8 Å². The first-order chi connectivity index (χ1) is 15.6. The van der Waals surface area contributed by atoms with Crippen LogP contribution < -0.4 is 4.74 Å². The molecule has 172 valence electrons. The highest BCUT2D eigenvalue weighted by Crippen LogP contribution is 2.24. The fourth-order valence-electron chi connectivity index (χ4n) is 4.54. The Labute approximate surface area is 193 Å². The number of amides is 2. The Morgan fingerprint density at radius 3 is 2.91 bits per heavy atom. The predicted molar refractivity (Wildman–Crippen MR) is 121 cm³/mol. The summed E-state index contributed by atoms with van der Waals surface area (Å²) in [5, 5.41) is 3.93. The molecule has 2 aliphatic heterocycles. The number of hydrogen-bond acceptors (Lipinski definition) is 5. The Bertz CT molecular complexity index is 931. The summed E-state index contributed by atoms with van der Waals surface area (Å²) >= 11 is 5.80. The van der Waals surface area contributed by atoms with E-state index in [-0.39, 0.29) is 36.0 Å². The standard InChI is InChI=1S/C24H30ClN3O4/c25-22-16-21(32-26-22)10-11-23(29)27-12-4-14-31-20-7-3-5-18(15-20)8-9-19-6-1-2-13-28(19)24(30)17-27/h3,5,7,15-16,19H,1-2,4,6,8-14,17H2. The Morgan fingerprint density at radius 1 is 1.16 bits per heavy atom. The van der Waals surface area contributed by atoms with Crippen molar-refractivity contribution in [2.45, 2.75) is 57.4 Å². The smallest absolute Gasteiger partial charge is 0.242 e. The maximum atomic E-state index is 13.2. The zero-order valence-corrected chi connectivity index (χ0v) is 19.1. The van der Waals surface area contributed by atoms with Gasteiger partial charge in [0.15, 0.2) is 5.15 Å². The highest BCUT2D eigenvalue weighted by atomic mass is 35.5. The lowest BCUT2D eigenvalue weighted by atomic mass is 9.95. The van der Waals surface area contributed by atoms with Crippen molar-refractivity contribution in [1.82, 2.24) is 15.0 Å². The quantitative estimate of drug-likeness (QED) is 0.696. The summed E-state index contributed by atoms with van der Waals surface area (Å²) in [6.45, 7) is 1.84. The van der Waals surface area contributed by atoms with Gasteiger partial charge in [-0.3, -0.25) is 9.59 Å². The molecule has 32 heavy (non-hydrogen) atoms. The van der Waals surface area contributed by atoms with Crippen LogP contribution in [0, 0.1) is 0 Å². The van der Waals surface area contributed by atoms with E-state index in [1.807, 2.05) is 17.0 Å². The van der Waals surface area contributed by atoms with Gasteiger partial charge in [0.25, 0.3) is 0 Å². The van der Waals surface area contributed by atoms with E-state index in [2.05, 4.69) is 17.3 Å². The molecule has 1 unspecified atom stereocenters. The van der Waals surface area contributed by atoms with Crippen LogP contribution >= 0.6 is 11.6 Å². The van der Waals surface area contributed by atoms with Crippen LogP contribution in [0.1, 0.15) is 49.8 Å². The second-order valence-electron chi connectivity index (χ2n) is 8.56. The van der Waals surface area contributed by atoms with Crippen LogP contribution in [-0.4, -0.2) is 59.1 Å². The average Bonchev–Trinajstić information content (AvgIpc) is 3.23. The van der Waals surface area contributed by atoms with E-state index in [1.165, 1.54) is 5.56 Å². The first-order valence-electron chi connectivity index (χ1n) is 11.5. The number of hydrogen-bond donors (Lipinski definition) is 0. The Hall–Kier alpha value is -2.54. The highest BCUT2D eigenvalue weighted by molar-refractivity contribution is 6.29. The molecule has 2 amide bonds. The SMILES string of the molecule is O=C(CCc1cc(Cl)no1)N1CCCOc2cccc(c2)CCC2CCCCN2C(=O)C1. The van der Waals surface area contributed by atoms with Crippen LogP contribution in [0.2, 0.25) is 5.15 Å². The molecule has 1 atom stereocenters. The molecule has 1 saturated heterocycles. The minimum absolute atomic E-state index is 0.0393. The summed E-state index contributed by atoms with van der Waals surface area (Å²) in [7, 11) is 0. The van der Waals surface area contributed by atoms with Gasteiger partial charge in [-0.1, -0.05) is 28.9 Å². The molecule has 1 aromatic carbocycles. The Kier molecular flexibility index (Phi) is 7.68. The maximum Gasteiger partial charge on any atom is 0.242 e. The maximum absolute atomic E-state index is 13.2. The summed E-state index contributed by atoms with van der Waals surface area (Å²) in [6.07, 6.45) is 6.31. The Morgan fingerprint density at radius 2 is 2.06 bits per heavy atom. The molecule has 2 bridgehead atoms. The largest absolute Gasteiger partial charge is 0.494 e. The van der Waals surface area contributed by atoms with Crippen molar-refractivity contribution in [3.63, 3.8) is 0 Å². The van der Waals surface area contributed by atoms with Gasteiger partial charge in [0.1, 0.15) is 11.5 Å². The van der Waals surface area contributed by atoms with E-state index in [4.69, 9.17) is 20.9 Å². The van der Waals surface area contributed by atoms with E-state index in [0.717, 1.165) is 44.4 Å². The second kappa shape index (κ2) is 10.9. The fraction of sp³-hybridized carbons (Fsp3) is 0.542. The number of carbonyl (C=O) groups is 2. The van der Waals surface area contributed by atoms with Crippen molar-refractivity contribution in [3.05, 3.63) is 46.8 Å². The van der Waals surface area contributed by atoms with Crippen molar-refractivity contribution >= 4 is 23.4 Å². The molecule has 0 radical (unpaired) electrons. The van der Waals surface area contributed by atoms with Crippen LogP contribution in [0.3, 0.4) is 0 Å². The zero-order chi connectivity index (χ0) is 22.3. The average molecular weight is 460 g/mol. The normalized spacial score (nSPS) is 20.3. The summed E-state index contributed by atoms with van der Waals surface area (Å²) in [5.74, 6) is 1.39. The monoisotopic (exact) mass is 459 g/mol. The van der Waals surface area contributed by atoms with E-state index in [9.17, 15) is 9.59 Å². The fourth-order valence-corrected chi connectivity index (χ4v) is 4.69. The molecule has 0 saturated carbocycles. The molecule has 8 heteroatoms. The highest BCUT2D eigenvalue weighted by Gasteiger charge is 2.29. The molecule has 0 N–H and O–H groups in total. The van der Waals surface area contributed by atoms with Gasteiger partial charge in [0, 0.05) is 38.0 Å². The molecule has 1 aromatic heterocycles. The third-order valence-electron chi connectivity index (χ3n) is 6.25. The molecule has 4 rings (SSSR count). The van der Waals surface area contributed by atoms with E-state index < -0.39 is 0 Å². The van der Waals surface area contributed by atoms with Gasteiger partial charge in [0.05, 0.1) is 13.2 Å². The van der Waals surface area contributed by atoms with Crippen LogP contribution in [0.4, 0.5) is 0 Å². The molecule has 0 aliphatic carbocycles. The number of aryl methyl sites for hydroxylation is 2. The number of fused-ring (bicyclic) bond motifs is 3. The number of rotatable bonds is 3. The molecular weight excluding hydrogens is 430 g/mol. The summed E-state index contributed by atoms with van der Waals surface area (Å²) < 4.78 is 11.0. The van der Waals surface area contributed by atoms with Gasteiger partial charge >= 0.3 is 0 Å². The van der Waals surface area contributed by atoms with Crippen LogP contribution in [0.15, 0.2) is 34.9 Å². The minimum Gasteiger partial charge on any atom is -0.494 e. The van der Waals surface area contributed by atoms with Crippen molar-refractivity contribution in [2.75, 3.05) is 26.2 Å². The van der Waals surface area contributed by atoms with Crippen LogP contribution in [0.25, 0.3) is 0 Å². The lowest BCUT2D eigenvalue weighted by molar-refractivity contribution is -0.143. The van der Waals surface area contributed by atoms with E-state index >= 15 is 0 Å². The molecule has 2 aliphatic rings. The molecule has 3 heterocycles. The van der Waals surface area contributed by atoms with Crippen molar-refractivity contribution in [2.24, 2.45) is 0 Å².